The number of hydrogen-bond acceptors (Lipinski definition) is 3. The smallest absolute Gasteiger partial charge is 0.319 e. The minimum atomic E-state index is -0.283. The zero-order valence-corrected chi connectivity index (χ0v) is 10.5. The minimum absolute atomic E-state index is 0.117. The first kappa shape index (κ1) is 10.8. The van der Waals surface area contributed by atoms with Crippen LogP contribution in [0.1, 0.15) is 37.7 Å². The predicted octanol–water partition coefficient (Wildman–Crippen LogP) is 3.12. The molecule has 1 aromatic heterocycles. The second-order valence-corrected chi connectivity index (χ2v) is 5.41. The molecule has 0 atom stereocenters. The molecule has 5 heteroatoms. The molecule has 0 bridgehead atoms. The van der Waals surface area contributed by atoms with Crippen LogP contribution in [0.5, 0.6) is 0 Å². The molecule has 1 spiro atoms. The van der Waals surface area contributed by atoms with Crippen molar-refractivity contribution in [1.29, 1.82) is 0 Å². The van der Waals surface area contributed by atoms with Gasteiger partial charge in [-0.05, 0) is 25.0 Å². The first-order chi connectivity index (χ1) is 9.28. The molecular weight excluding hydrogens is 242 g/mol. The Bertz CT molecular complexity index is 656. The van der Waals surface area contributed by atoms with Crippen molar-refractivity contribution in [3.8, 4) is 0 Å². The van der Waals surface area contributed by atoms with E-state index in [2.05, 4.69) is 15.6 Å². The van der Waals surface area contributed by atoms with E-state index in [1.807, 2.05) is 12.1 Å². The molecule has 1 aliphatic carbocycles. The average Bonchev–Trinajstić information content (AvgIpc) is 2.87. The van der Waals surface area contributed by atoms with Crippen molar-refractivity contribution in [1.82, 2.24) is 10.3 Å². The maximum Gasteiger partial charge on any atom is 0.319 e. The Morgan fingerprint density at radius 3 is 2.89 bits per heavy atom. The van der Waals surface area contributed by atoms with Crippen molar-refractivity contribution < 1.29 is 9.21 Å². The summed E-state index contributed by atoms with van der Waals surface area (Å²) in [5.74, 6) is 0. The van der Waals surface area contributed by atoms with Gasteiger partial charge in [0.1, 0.15) is 5.52 Å². The van der Waals surface area contributed by atoms with Gasteiger partial charge in [0.05, 0.1) is 11.2 Å². The monoisotopic (exact) mass is 257 g/mol. The van der Waals surface area contributed by atoms with Crippen molar-refractivity contribution in [3.05, 3.63) is 24.1 Å². The number of nitrogens with zero attached hydrogens (tertiary/aromatic N) is 1. The van der Waals surface area contributed by atoms with E-state index in [0.717, 1.165) is 48.0 Å². The highest BCUT2D eigenvalue weighted by Gasteiger charge is 2.42. The van der Waals surface area contributed by atoms with E-state index in [9.17, 15) is 4.79 Å². The quantitative estimate of drug-likeness (QED) is 0.762. The molecule has 1 aromatic carbocycles. The van der Waals surface area contributed by atoms with Crippen LogP contribution in [0.2, 0.25) is 0 Å². The van der Waals surface area contributed by atoms with Gasteiger partial charge in [-0.2, -0.15) is 0 Å². The Kier molecular flexibility index (Phi) is 2.13. The van der Waals surface area contributed by atoms with Crippen LogP contribution >= 0.6 is 0 Å². The molecule has 2 aliphatic rings. The highest BCUT2D eigenvalue weighted by Crippen LogP contribution is 2.45. The van der Waals surface area contributed by atoms with Crippen LogP contribution in [0.15, 0.2) is 22.9 Å². The summed E-state index contributed by atoms with van der Waals surface area (Å²) in [6.45, 7) is 0. The lowest BCUT2D eigenvalue weighted by Gasteiger charge is -2.42. The molecule has 1 saturated carbocycles. The number of amides is 2. The van der Waals surface area contributed by atoms with Gasteiger partial charge < -0.3 is 15.1 Å². The topological polar surface area (TPSA) is 67.2 Å². The number of urea groups is 1. The van der Waals surface area contributed by atoms with E-state index >= 15 is 0 Å². The molecule has 5 nitrogen and oxygen atoms in total. The molecule has 2 amide bonds. The summed E-state index contributed by atoms with van der Waals surface area (Å²) in [4.78, 5) is 16.1. The molecule has 19 heavy (non-hydrogen) atoms. The van der Waals surface area contributed by atoms with Gasteiger partial charge in [0.15, 0.2) is 12.0 Å². The maximum atomic E-state index is 11.9. The van der Waals surface area contributed by atoms with Gasteiger partial charge in [0.25, 0.3) is 0 Å². The van der Waals surface area contributed by atoms with Gasteiger partial charge in [0, 0.05) is 5.56 Å². The third-order valence-electron chi connectivity index (χ3n) is 4.29. The number of rotatable bonds is 0. The molecule has 4 rings (SSSR count). The van der Waals surface area contributed by atoms with Crippen LogP contribution in [0, 0.1) is 0 Å². The van der Waals surface area contributed by atoms with Crippen LogP contribution in [0.4, 0.5) is 10.5 Å². The summed E-state index contributed by atoms with van der Waals surface area (Å²) in [5, 5.41) is 6.01. The third-order valence-corrected chi connectivity index (χ3v) is 4.29. The molecule has 2 N–H and O–H groups in total. The second kappa shape index (κ2) is 3.73. The Balaban J connectivity index is 2.00. The Morgan fingerprint density at radius 1 is 1.21 bits per heavy atom. The molecule has 1 aliphatic heterocycles. The molecule has 1 fully saturated rings. The van der Waals surface area contributed by atoms with Gasteiger partial charge in [0.2, 0.25) is 0 Å². The first-order valence-corrected chi connectivity index (χ1v) is 6.74. The van der Waals surface area contributed by atoms with Crippen molar-refractivity contribution in [2.45, 2.75) is 37.6 Å². The number of hydrogen-bond donors (Lipinski definition) is 2. The van der Waals surface area contributed by atoms with Crippen molar-refractivity contribution in [2.24, 2.45) is 0 Å². The van der Waals surface area contributed by atoms with E-state index in [1.54, 1.807) is 0 Å². The summed E-state index contributed by atoms with van der Waals surface area (Å²) in [6.07, 6.45) is 6.89. The van der Waals surface area contributed by atoms with Gasteiger partial charge in [-0.1, -0.05) is 19.3 Å². The molecule has 0 radical (unpaired) electrons. The molecular formula is C14H15N3O2. The normalized spacial score (nSPS) is 20.9. The standard InChI is InChI=1S/C14H15N3O2/c18-13-16-9-4-5-10-12(19-8-15-10)11(9)14(17-13)6-2-1-3-7-14/h4-5,8H,1-3,6-7H2,(H2,16,17,18). The fourth-order valence-electron chi connectivity index (χ4n) is 3.47. The lowest BCUT2D eigenvalue weighted by Crippen LogP contribution is -2.52. The van der Waals surface area contributed by atoms with Crippen molar-refractivity contribution >= 4 is 22.8 Å². The number of carbonyl (C=O) groups excluding carboxylic acids is 1. The second-order valence-electron chi connectivity index (χ2n) is 5.41. The van der Waals surface area contributed by atoms with E-state index in [-0.39, 0.29) is 11.6 Å². The summed E-state index contributed by atoms with van der Waals surface area (Å²) in [7, 11) is 0. The average molecular weight is 257 g/mol. The number of nitrogens with one attached hydrogen (secondary N) is 2. The highest BCUT2D eigenvalue weighted by molar-refractivity contribution is 5.98. The fourth-order valence-corrected chi connectivity index (χ4v) is 3.47. The zero-order valence-electron chi connectivity index (χ0n) is 10.5. The summed E-state index contributed by atoms with van der Waals surface area (Å²) >= 11 is 0. The van der Waals surface area contributed by atoms with Crippen LogP contribution in [-0.2, 0) is 5.54 Å². The number of anilines is 1. The van der Waals surface area contributed by atoms with Gasteiger partial charge in [-0.25, -0.2) is 9.78 Å². The van der Waals surface area contributed by atoms with Crippen LogP contribution < -0.4 is 10.6 Å². The highest BCUT2D eigenvalue weighted by atomic mass is 16.3. The Morgan fingerprint density at radius 2 is 2.05 bits per heavy atom. The predicted molar refractivity (Wildman–Crippen MR) is 70.9 cm³/mol. The van der Waals surface area contributed by atoms with Gasteiger partial charge in [-0.15, -0.1) is 0 Å². The van der Waals surface area contributed by atoms with Crippen molar-refractivity contribution in [2.75, 3.05) is 5.32 Å². The van der Waals surface area contributed by atoms with E-state index in [1.165, 1.54) is 12.8 Å². The van der Waals surface area contributed by atoms with Crippen LogP contribution in [-0.4, -0.2) is 11.0 Å². The van der Waals surface area contributed by atoms with Gasteiger partial charge >= 0.3 is 6.03 Å². The van der Waals surface area contributed by atoms with Crippen molar-refractivity contribution in [3.63, 3.8) is 0 Å². The molecule has 98 valence electrons. The lowest BCUT2D eigenvalue weighted by atomic mass is 9.75. The van der Waals surface area contributed by atoms with E-state index in [4.69, 9.17) is 4.42 Å². The Labute approximate surface area is 110 Å². The molecule has 2 aromatic rings. The number of benzene rings is 1. The maximum absolute atomic E-state index is 11.9. The molecule has 0 unspecified atom stereocenters. The number of fused-ring (bicyclic) bond motifs is 4. The SMILES string of the molecule is O=C1Nc2ccc3ncoc3c2C2(CCCCC2)N1. The fraction of sp³-hybridized carbons (Fsp3) is 0.429. The van der Waals surface area contributed by atoms with Crippen LogP contribution in [0.25, 0.3) is 11.1 Å². The van der Waals surface area contributed by atoms with Gasteiger partial charge in [-0.3, -0.25) is 0 Å². The summed E-state index contributed by atoms with van der Waals surface area (Å²) in [6, 6.07) is 3.70. The number of aromatic nitrogens is 1. The molecule has 0 saturated heterocycles. The minimum Gasteiger partial charge on any atom is -0.443 e. The number of oxazole rings is 1. The first-order valence-electron chi connectivity index (χ1n) is 6.74. The Hall–Kier alpha value is -2.04. The third kappa shape index (κ3) is 1.47. The largest absolute Gasteiger partial charge is 0.443 e. The van der Waals surface area contributed by atoms with E-state index < -0.39 is 0 Å². The van der Waals surface area contributed by atoms with Crippen LogP contribution in [0.3, 0.4) is 0 Å². The summed E-state index contributed by atoms with van der Waals surface area (Å²) in [5.41, 5.74) is 3.29. The van der Waals surface area contributed by atoms with E-state index in [0.29, 0.717) is 0 Å². The molecule has 2 heterocycles. The summed E-state index contributed by atoms with van der Waals surface area (Å²) < 4.78 is 5.58. The number of carbonyl (C=O) groups is 1. The lowest BCUT2D eigenvalue weighted by molar-refractivity contribution is 0.209. The zero-order chi connectivity index (χ0) is 12.9.